The zero-order valence-electron chi connectivity index (χ0n) is 7.76. The summed E-state index contributed by atoms with van der Waals surface area (Å²) in [5.74, 6) is 0.870. The Morgan fingerprint density at radius 1 is 1.38 bits per heavy atom. The van der Waals surface area contributed by atoms with Crippen LogP contribution in [0, 0.1) is 11.7 Å². The summed E-state index contributed by atoms with van der Waals surface area (Å²) in [5.41, 5.74) is 0.773. The maximum absolute atomic E-state index is 13.2. The molecule has 13 heavy (non-hydrogen) atoms. The lowest BCUT2D eigenvalue weighted by atomic mass is 9.98. The molecule has 0 amide bonds. The second-order valence-corrected chi connectivity index (χ2v) is 3.53. The van der Waals surface area contributed by atoms with Gasteiger partial charge in [0.1, 0.15) is 5.82 Å². The van der Waals surface area contributed by atoms with E-state index in [-0.39, 0.29) is 5.82 Å². The number of benzene rings is 1. The summed E-state index contributed by atoms with van der Waals surface area (Å²) in [4.78, 5) is 0. The molecular formula is C11H14ClF. The first kappa shape index (κ1) is 10.5. The van der Waals surface area contributed by atoms with Gasteiger partial charge in [-0.25, -0.2) is 4.39 Å². The molecule has 0 aliphatic rings. The highest BCUT2D eigenvalue weighted by atomic mass is 35.5. The second-order valence-electron chi connectivity index (χ2n) is 3.22. The zero-order valence-corrected chi connectivity index (χ0v) is 8.52. The van der Waals surface area contributed by atoms with Crippen LogP contribution in [0.1, 0.15) is 18.9 Å². The minimum absolute atomic E-state index is 0.119. The van der Waals surface area contributed by atoms with E-state index in [1.165, 1.54) is 6.07 Å². The molecule has 0 bridgehead atoms. The second kappa shape index (κ2) is 5.23. The molecule has 0 fully saturated rings. The fourth-order valence-electron chi connectivity index (χ4n) is 1.28. The summed E-state index contributed by atoms with van der Waals surface area (Å²) >= 11 is 5.75. The van der Waals surface area contributed by atoms with Crippen LogP contribution in [0.4, 0.5) is 4.39 Å². The van der Waals surface area contributed by atoms with Crippen molar-refractivity contribution < 1.29 is 4.39 Å². The van der Waals surface area contributed by atoms with E-state index in [1.54, 1.807) is 6.07 Å². The van der Waals surface area contributed by atoms with E-state index < -0.39 is 0 Å². The monoisotopic (exact) mass is 200 g/mol. The predicted molar refractivity (Wildman–Crippen MR) is 54.6 cm³/mol. The maximum atomic E-state index is 13.2. The average molecular weight is 201 g/mol. The molecular weight excluding hydrogens is 187 g/mol. The minimum Gasteiger partial charge on any atom is -0.207 e. The van der Waals surface area contributed by atoms with Gasteiger partial charge in [-0.2, -0.15) is 0 Å². The number of hydrogen-bond donors (Lipinski definition) is 0. The molecule has 0 heterocycles. The number of rotatable bonds is 4. The molecule has 0 saturated heterocycles. The molecule has 2 heteroatoms. The van der Waals surface area contributed by atoms with E-state index in [0.717, 1.165) is 18.4 Å². The average Bonchev–Trinajstić information content (AvgIpc) is 2.17. The van der Waals surface area contributed by atoms with Crippen LogP contribution in [-0.2, 0) is 6.42 Å². The Balaban J connectivity index is 2.67. The quantitative estimate of drug-likeness (QED) is 0.652. The van der Waals surface area contributed by atoms with Crippen LogP contribution in [0.25, 0.3) is 0 Å². The van der Waals surface area contributed by atoms with Crippen molar-refractivity contribution in [3.8, 4) is 0 Å². The SMILES string of the molecule is CCC(CCl)Cc1ccccc1F. The number of halogens is 2. The first-order chi connectivity index (χ1) is 6.27. The predicted octanol–water partition coefficient (Wildman–Crippen LogP) is 3.63. The molecule has 0 N–H and O–H groups in total. The number of hydrogen-bond acceptors (Lipinski definition) is 0. The van der Waals surface area contributed by atoms with Crippen LogP contribution >= 0.6 is 11.6 Å². The van der Waals surface area contributed by atoms with Gasteiger partial charge in [0.2, 0.25) is 0 Å². The van der Waals surface area contributed by atoms with Crippen LogP contribution in [0.2, 0.25) is 0 Å². The van der Waals surface area contributed by atoms with Crippen LogP contribution < -0.4 is 0 Å². The number of alkyl halides is 1. The highest BCUT2D eigenvalue weighted by Gasteiger charge is 2.08. The van der Waals surface area contributed by atoms with Crippen LogP contribution in [0.15, 0.2) is 24.3 Å². The van der Waals surface area contributed by atoms with Crippen LogP contribution in [-0.4, -0.2) is 5.88 Å². The van der Waals surface area contributed by atoms with Crippen molar-refractivity contribution in [1.82, 2.24) is 0 Å². The highest BCUT2D eigenvalue weighted by molar-refractivity contribution is 6.18. The minimum atomic E-state index is -0.119. The molecule has 0 aliphatic heterocycles. The lowest BCUT2D eigenvalue weighted by molar-refractivity contribution is 0.536. The van der Waals surface area contributed by atoms with Gasteiger partial charge >= 0.3 is 0 Å². The van der Waals surface area contributed by atoms with Crippen molar-refractivity contribution in [2.75, 3.05) is 5.88 Å². The summed E-state index contributed by atoms with van der Waals surface area (Å²) < 4.78 is 13.2. The van der Waals surface area contributed by atoms with Gasteiger partial charge in [0.25, 0.3) is 0 Å². The molecule has 0 saturated carbocycles. The summed E-state index contributed by atoms with van der Waals surface area (Å²) in [6, 6.07) is 6.89. The van der Waals surface area contributed by atoms with Crippen molar-refractivity contribution in [2.24, 2.45) is 5.92 Å². The van der Waals surface area contributed by atoms with Crippen LogP contribution in [0.3, 0.4) is 0 Å². The Morgan fingerprint density at radius 2 is 2.08 bits per heavy atom. The van der Waals surface area contributed by atoms with Crippen molar-refractivity contribution in [3.05, 3.63) is 35.6 Å². The van der Waals surface area contributed by atoms with Crippen molar-refractivity contribution in [2.45, 2.75) is 19.8 Å². The summed E-state index contributed by atoms with van der Waals surface area (Å²) in [5, 5.41) is 0. The third kappa shape index (κ3) is 3.00. The Kier molecular flexibility index (Phi) is 4.23. The third-order valence-corrected chi connectivity index (χ3v) is 2.70. The lowest BCUT2D eigenvalue weighted by Gasteiger charge is -2.11. The fraction of sp³-hybridized carbons (Fsp3) is 0.455. The van der Waals surface area contributed by atoms with Gasteiger partial charge in [-0.15, -0.1) is 11.6 Å². The van der Waals surface area contributed by atoms with E-state index >= 15 is 0 Å². The van der Waals surface area contributed by atoms with E-state index in [1.807, 2.05) is 12.1 Å². The summed E-state index contributed by atoms with van der Waals surface area (Å²) in [7, 11) is 0. The van der Waals surface area contributed by atoms with E-state index in [2.05, 4.69) is 6.92 Å². The summed E-state index contributed by atoms with van der Waals surface area (Å²) in [6.07, 6.45) is 1.74. The molecule has 1 atom stereocenters. The molecule has 1 aromatic rings. The van der Waals surface area contributed by atoms with Gasteiger partial charge in [0.15, 0.2) is 0 Å². The molecule has 1 unspecified atom stereocenters. The Bertz CT molecular complexity index is 256. The standard InChI is InChI=1S/C11H14ClF/c1-2-9(8-12)7-10-5-3-4-6-11(10)13/h3-6,9H,2,7-8H2,1H3. The molecule has 0 spiro atoms. The molecule has 1 rings (SSSR count). The van der Waals surface area contributed by atoms with Gasteiger partial charge in [-0.3, -0.25) is 0 Å². The van der Waals surface area contributed by atoms with Crippen molar-refractivity contribution in [1.29, 1.82) is 0 Å². The molecule has 0 radical (unpaired) electrons. The molecule has 72 valence electrons. The van der Waals surface area contributed by atoms with Crippen molar-refractivity contribution in [3.63, 3.8) is 0 Å². The Hall–Kier alpha value is -0.560. The van der Waals surface area contributed by atoms with Gasteiger partial charge < -0.3 is 0 Å². The van der Waals surface area contributed by atoms with E-state index in [0.29, 0.717) is 11.8 Å². The first-order valence-electron chi connectivity index (χ1n) is 4.57. The van der Waals surface area contributed by atoms with Crippen molar-refractivity contribution >= 4 is 11.6 Å². The van der Waals surface area contributed by atoms with Gasteiger partial charge in [-0.1, -0.05) is 31.5 Å². The van der Waals surface area contributed by atoms with Crippen LogP contribution in [0.5, 0.6) is 0 Å². The van der Waals surface area contributed by atoms with Gasteiger partial charge in [-0.05, 0) is 24.0 Å². The Labute approximate surface area is 83.7 Å². The van der Waals surface area contributed by atoms with E-state index in [4.69, 9.17) is 11.6 Å². The Morgan fingerprint density at radius 3 is 2.62 bits per heavy atom. The smallest absolute Gasteiger partial charge is 0.126 e. The lowest BCUT2D eigenvalue weighted by Crippen LogP contribution is -2.06. The zero-order chi connectivity index (χ0) is 9.68. The maximum Gasteiger partial charge on any atom is 0.126 e. The molecule has 0 nitrogen and oxygen atoms in total. The fourth-order valence-corrected chi connectivity index (χ4v) is 1.61. The summed E-state index contributed by atoms with van der Waals surface area (Å²) in [6.45, 7) is 2.08. The molecule has 0 aromatic heterocycles. The topological polar surface area (TPSA) is 0 Å². The first-order valence-corrected chi connectivity index (χ1v) is 5.10. The normalized spacial score (nSPS) is 12.8. The highest BCUT2D eigenvalue weighted by Crippen LogP contribution is 2.16. The third-order valence-electron chi connectivity index (χ3n) is 2.26. The molecule has 1 aromatic carbocycles. The van der Waals surface area contributed by atoms with E-state index in [9.17, 15) is 4.39 Å². The van der Waals surface area contributed by atoms with Gasteiger partial charge in [0.05, 0.1) is 0 Å². The van der Waals surface area contributed by atoms with Gasteiger partial charge in [0, 0.05) is 5.88 Å². The largest absolute Gasteiger partial charge is 0.207 e. The molecule has 0 aliphatic carbocycles.